The monoisotopic (exact) mass is 211 g/mol. The van der Waals surface area contributed by atoms with E-state index in [0.717, 1.165) is 30.8 Å². The molecular weight excluding hydrogens is 198 g/mol. The van der Waals surface area contributed by atoms with Gasteiger partial charge in [-0.15, -0.1) is 11.3 Å². The van der Waals surface area contributed by atoms with Crippen LogP contribution in [0.3, 0.4) is 0 Å². The quantitative estimate of drug-likeness (QED) is 0.785. The summed E-state index contributed by atoms with van der Waals surface area (Å²) in [6.45, 7) is 2.00. The van der Waals surface area contributed by atoms with E-state index in [1.54, 1.807) is 17.4 Å². The number of piperidine rings is 1. The molecule has 0 unspecified atom stereocenters. The standard InChI is InChI=1S/C10H13NO2S/c12-10(13)8-3-6-14-9(8)7-1-4-11-5-2-7/h3,6-7,11H,1-2,4-5H2,(H,12,13). The number of rotatable bonds is 2. The number of carboxylic acid groups (broad SMARTS) is 1. The largest absolute Gasteiger partial charge is 0.478 e. The Bertz CT molecular complexity index is 329. The number of aromatic carboxylic acids is 1. The van der Waals surface area contributed by atoms with Gasteiger partial charge >= 0.3 is 5.97 Å². The molecule has 0 saturated carbocycles. The third-order valence-corrected chi connectivity index (χ3v) is 3.71. The SMILES string of the molecule is O=C(O)c1ccsc1C1CCNCC1. The Hall–Kier alpha value is -0.870. The minimum atomic E-state index is -0.792. The van der Waals surface area contributed by atoms with Crippen molar-refractivity contribution in [1.82, 2.24) is 5.32 Å². The van der Waals surface area contributed by atoms with Crippen LogP contribution in [0.25, 0.3) is 0 Å². The lowest BCUT2D eigenvalue weighted by Gasteiger charge is -2.22. The molecule has 0 spiro atoms. The second kappa shape index (κ2) is 4.11. The van der Waals surface area contributed by atoms with Crippen molar-refractivity contribution in [2.24, 2.45) is 0 Å². The summed E-state index contributed by atoms with van der Waals surface area (Å²) < 4.78 is 0. The Morgan fingerprint density at radius 1 is 1.50 bits per heavy atom. The first-order valence-electron chi connectivity index (χ1n) is 4.80. The molecule has 0 aromatic carbocycles. The Morgan fingerprint density at radius 2 is 2.21 bits per heavy atom. The molecule has 14 heavy (non-hydrogen) atoms. The zero-order valence-electron chi connectivity index (χ0n) is 7.82. The molecule has 0 radical (unpaired) electrons. The summed E-state index contributed by atoms with van der Waals surface area (Å²) in [5.41, 5.74) is 0.502. The summed E-state index contributed by atoms with van der Waals surface area (Å²) >= 11 is 1.58. The van der Waals surface area contributed by atoms with E-state index in [1.807, 2.05) is 5.38 Å². The van der Waals surface area contributed by atoms with Gasteiger partial charge in [0.2, 0.25) is 0 Å². The van der Waals surface area contributed by atoms with Crippen LogP contribution in [-0.2, 0) is 0 Å². The van der Waals surface area contributed by atoms with E-state index in [-0.39, 0.29) is 0 Å². The maximum Gasteiger partial charge on any atom is 0.336 e. The van der Waals surface area contributed by atoms with E-state index >= 15 is 0 Å². The van der Waals surface area contributed by atoms with E-state index in [4.69, 9.17) is 5.11 Å². The number of carboxylic acids is 1. The van der Waals surface area contributed by atoms with Crippen molar-refractivity contribution in [3.8, 4) is 0 Å². The van der Waals surface area contributed by atoms with Crippen molar-refractivity contribution < 1.29 is 9.90 Å². The van der Waals surface area contributed by atoms with Crippen LogP contribution in [0.2, 0.25) is 0 Å². The van der Waals surface area contributed by atoms with Crippen LogP contribution in [0.1, 0.15) is 34.0 Å². The summed E-state index contributed by atoms with van der Waals surface area (Å²) in [5, 5.41) is 14.1. The molecular formula is C10H13NO2S. The van der Waals surface area contributed by atoms with Crippen LogP contribution < -0.4 is 5.32 Å². The van der Waals surface area contributed by atoms with Crippen LogP contribution in [0.15, 0.2) is 11.4 Å². The second-order valence-corrected chi connectivity index (χ2v) is 4.48. The summed E-state index contributed by atoms with van der Waals surface area (Å²) in [6.07, 6.45) is 2.11. The van der Waals surface area contributed by atoms with Crippen LogP contribution in [0.5, 0.6) is 0 Å². The Labute approximate surface area is 86.8 Å². The van der Waals surface area contributed by atoms with Gasteiger partial charge in [-0.05, 0) is 43.3 Å². The Kier molecular flexibility index (Phi) is 2.84. The van der Waals surface area contributed by atoms with Crippen LogP contribution in [-0.4, -0.2) is 24.2 Å². The van der Waals surface area contributed by atoms with Gasteiger partial charge in [0.25, 0.3) is 0 Å². The van der Waals surface area contributed by atoms with Crippen molar-refractivity contribution >= 4 is 17.3 Å². The summed E-state index contributed by atoms with van der Waals surface area (Å²) in [6, 6.07) is 1.71. The highest BCUT2D eigenvalue weighted by atomic mass is 32.1. The van der Waals surface area contributed by atoms with Gasteiger partial charge in [-0.25, -0.2) is 4.79 Å². The number of carbonyl (C=O) groups is 1. The lowest BCUT2D eigenvalue weighted by atomic mass is 9.94. The van der Waals surface area contributed by atoms with Crippen molar-refractivity contribution in [2.75, 3.05) is 13.1 Å². The number of hydrogen-bond donors (Lipinski definition) is 2. The first-order valence-corrected chi connectivity index (χ1v) is 5.68. The molecule has 1 aliphatic heterocycles. The molecule has 0 atom stereocenters. The fourth-order valence-corrected chi connectivity index (χ4v) is 2.96. The van der Waals surface area contributed by atoms with Gasteiger partial charge in [-0.3, -0.25) is 0 Å². The van der Waals surface area contributed by atoms with E-state index in [0.29, 0.717) is 11.5 Å². The topological polar surface area (TPSA) is 49.3 Å². The molecule has 76 valence electrons. The van der Waals surface area contributed by atoms with E-state index in [1.165, 1.54) is 0 Å². The molecule has 2 rings (SSSR count). The van der Waals surface area contributed by atoms with Gasteiger partial charge in [0, 0.05) is 4.88 Å². The summed E-state index contributed by atoms with van der Waals surface area (Å²) in [5.74, 6) is -0.345. The van der Waals surface area contributed by atoms with Crippen molar-refractivity contribution in [1.29, 1.82) is 0 Å². The predicted octanol–water partition coefficient (Wildman–Crippen LogP) is 1.91. The van der Waals surface area contributed by atoms with E-state index in [9.17, 15) is 4.79 Å². The first-order chi connectivity index (χ1) is 6.79. The normalized spacial score (nSPS) is 18.3. The molecule has 1 fully saturated rings. The van der Waals surface area contributed by atoms with Crippen LogP contribution in [0.4, 0.5) is 0 Å². The highest BCUT2D eigenvalue weighted by molar-refractivity contribution is 7.10. The highest BCUT2D eigenvalue weighted by Gasteiger charge is 2.21. The lowest BCUT2D eigenvalue weighted by molar-refractivity contribution is 0.0695. The zero-order valence-corrected chi connectivity index (χ0v) is 8.64. The van der Waals surface area contributed by atoms with Gasteiger partial charge in [-0.1, -0.05) is 0 Å². The van der Waals surface area contributed by atoms with E-state index in [2.05, 4.69) is 5.32 Å². The molecule has 1 aromatic heterocycles. The average molecular weight is 211 g/mol. The van der Waals surface area contributed by atoms with Crippen molar-refractivity contribution in [3.63, 3.8) is 0 Å². The van der Waals surface area contributed by atoms with Gasteiger partial charge in [-0.2, -0.15) is 0 Å². The smallest absolute Gasteiger partial charge is 0.336 e. The second-order valence-electron chi connectivity index (χ2n) is 3.53. The predicted molar refractivity (Wildman–Crippen MR) is 56.1 cm³/mol. The molecule has 3 nitrogen and oxygen atoms in total. The molecule has 1 saturated heterocycles. The third-order valence-electron chi connectivity index (χ3n) is 2.64. The van der Waals surface area contributed by atoms with Crippen LogP contribution >= 0.6 is 11.3 Å². The molecule has 0 amide bonds. The van der Waals surface area contributed by atoms with Gasteiger partial charge in [0.1, 0.15) is 0 Å². The summed E-state index contributed by atoms with van der Waals surface area (Å²) in [7, 11) is 0. The van der Waals surface area contributed by atoms with E-state index < -0.39 is 5.97 Å². The molecule has 1 aromatic rings. The fourth-order valence-electron chi connectivity index (χ4n) is 1.90. The number of thiophene rings is 1. The molecule has 2 N–H and O–H groups in total. The van der Waals surface area contributed by atoms with Crippen molar-refractivity contribution in [2.45, 2.75) is 18.8 Å². The van der Waals surface area contributed by atoms with Gasteiger partial charge in [0.05, 0.1) is 5.56 Å². The average Bonchev–Trinajstić information content (AvgIpc) is 2.67. The molecule has 0 aliphatic carbocycles. The number of hydrogen-bond acceptors (Lipinski definition) is 3. The Morgan fingerprint density at radius 3 is 2.86 bits per heavy atom. The fraction of sp³-hybridized carbons (Fsp3) is 0.500. The molecule has 1 aliphatic rings. The first kappa shape index (κ1) is 9.68. The molecule has 2 heterocycles. The molecule has 0 bridgehead atoms. The minimum Gasteiger partial charge on any atom is -0.478 e. The third kappa shape index (κ3) is 1.81. The Balaban J connectivity index is 2.21. The highest BCUT2D eigenvalue weighted by Crippen LogP contribution is 2.32. The van der Waals surface area contributed by atoms with Crippen LogP contribution in [0, 0.1) is 0 Å². The minimum absolute atomic E-state index is 0.447. The van der Waals surface area contributed by atoms with Gasteiger partial charge in [0.15, 0.2) is 0 Å². The summed E-state index contributed by atoms with van der Waals surface area (Å²) in [4.78, 5) is 12.0. The maximum atomic E-state index is 10.9. The van der Waals surface area contributed by atoms with Crippen molar-refractivity contribution in [3.05, 3.63) is 21.9 Å². The van der Waals surface area contributed by atoms with Gasteiger partial charge < -0.3 is 10.4 Å². The molecule has 4 heteroatoms. The lowest BCUT2D eigenvalue weighted by Crippen LogP contribution is -2.26. The zero-order chi connectivity index (χ0) is 9.97. The maximum absolute atomic E-state index is 10.9. The number of nitrogens with one attached hydrogen (secondary N) is 1.